The van der Waals surface area contributed by atoms with Crippen LogP contribution in [0.4, 0.5) is 13.8 Å². The van der Waals surface area contributed by atoms with Crippen molar-refractivity contribution in [3.05, 3.63) is 0 Å². The fraction of sp³-hybridized carbons (Fsp3) is 0.667. The maximum absolute atomic E-state index is 9.60. The number of primary amides is 1. The van der Waals surface area contributed by atoms with Crippen molar-refractivity contribution in [2.75, 3.05) is 6.61 Å². The van der Waals surface area contributed by atoms with E-state index in [1.54, 1.807) is 6.92 Å². The smallest absolute Gasteiger partial charge is 0.404 e. The normalized spacial score (nSPS) is 7.00. The van der Waals surface area contributed by atoms with Crippen molar-refractivity contribution >= 4 is 6.09 Å². The van der Waals surface area contributed by atoms with Gasteiger partial charge >= 0.3 is 6.09 Å². The molecule has 56 valence electrons. The van der Waals surface area contributed by atoms with Crippen molar-refractivity contribution in [3.8, 4) is 0 Å². The van der Waals surface area contributed by atoms with Gasteiger partial charge in [0.2, 0.25) is 0 Å². The summed E-state index contributed by atoms with van der Waals surface area (Å²) in [6.07, 6.45) is -0.711. The number of hydrogen-bond acceptors (Lipinski definition) is 3. The molecular weight excluding hydrogens is 136 g/mol. The number of ether oxygens (including phenoxy) is 1. The van der Waals surface area contributed by atoms with E-state index in [1.165, 1.54) is 5.15 Å². The Hall–Kier alpha value is -0.910. The molecule has 0 saturated heterocycles. The summed E-state index contributed by atoms with van der Waals surface area (Å²) in [5.41, 5.74) is 4.54. The zero-order valence-corrected chi connectivity index (χ0v) is 4.77. The molecule has 0 saturated carbocycles. The first-order valence-electron chi connectivity index (χ1n) is 2.00. The highest BCUT2D eigenvalue weighted by molar-refractivity contribution is 5.64. The minimum absolute atomic E-state index is 0.356. The first-order chi connectivity index (χ1) is 4.18. The van der Waals surface area contributed by atoms with Gasteiger partial charge in [-0.15, -0.1) is 0 Å². The lowest BCUT2D eigenvalue weighted by Crippen LogP contribution is -2.11. The van der Waals surface area contributed by atoms with Crippen molar-refractivity contribution in [2.45, 2.75) is 6.92 Å². The second-order valence-electron chi connectivity index (χ2n) is 0.810. The third-order valence-corrected chi connectivity index (χ3v) is 0.287. The molecule has 0 atom stereocenters. The second kappa shape index (κ2) is 10.1. The van der Waals surface area contributed by atoms with E-state index < -0.39 is 6.09 Å². The molecule has 0 radical (unpaired) electrons. The minimum Gasteiger partial charge on any atom is -0.450 e. The Bertz CT molecular complexity index is 70.1. The lowest BCUT2D eigenvalue weighted by Gasteiger charge is -1.89. The SMILES string of the molecule is CCOC(N)=O.FOF. The minimum atomic E-state index is -0.711. The molecule has 0 aliphatic rings. The molecule has 0 bridgehead atoms. The molecule has 0 fully saturated rings. The average molecular weight is 143 g/mol. The van der Waals surface area contributed by atoms with Gasteiger partial charge in [0, 0.05) is 5.15 Å². The first-order valence-corrected chi connectivity index (χ1v) is 2.00. The summed E-state index contributed by atoms with van der Waals surface area (Å²) in [6.45, 7) is 2.06. The summed E-state index contributed by atoms with van der Waals surface area (Å²) < 4.78 is 22.4. The molecule has 0 aromatic rings. The number of halogens is 2. The van der Waals surface area contributed by atoms with Gasteiger partial charge in [-0.05, 0) is 16.0 Å². The van der Waals surface area contributed by atoms with E-state index in [9.17, 15) is 4.79 Å². The molecule has 4 nitrogen and oxygen atoms in total. The molecule has 0 aromatic heterocycles. The third-order valence-electron chi connectivity index (χ3n) is 0.287. The van der Waals surface area contributed by atoms with E-state index in [4.69, 9.17) is 9.05 Å². The van der Waals surface area contributed by atoms with E-state index in [0.717, 1.165) is 0 Å². The molecule has 0 aliphatic heterocycles. The zero-order valence-electron chi connectivity index (χ0n) is 4.77. The van der Waals surface area contributed by atoms with Gasteiger partial charge in [-0.25, -0.2) is 4.79 Å². The van der Waals surface area contributed by atoms with Crippen LogP contribution in [0.25, 0.3) is 0 Å². The van der Waals surface area contributed by atoms with Gasteiger partial charge in [0.1, 0.15) is 0 Å². The van der Waals surface area contributed by atoms with Gasteiger partial charge in [0.25, 0.3) is 0 Å². The summed E-state index contributed by atoms with van der Waals surface area (Å²) >= 11 is 0. The van der Waals surface area contributed by atoms with Gasteiger partial charge in [0.05, 0.1) is 6.61 Å². The van der Waals surface area contributed by atoms with Crippen molar-refractivity contribution in [3.63, 3.8) is 0 Å². The third kappa shape index (κ3) is 42.1. The Morgan fingerprint density at radius 2 is 2.00 bits per heavy atom. The monoisotopic (exact) mass is 143 g/mol. The lowest BCUT2D eigenvalue weighted by atomic mass is 10.9. The number of hydrogen-bond donors (Lipinski definition) is 1. The molecule has 9 heavy (non-hydrogen) atoms. The van der Waals surface area contributed by atoms with Crippen molar-refractivity contribution in [1.29, 1.82) is 0 Å². The van der Waals surface area contributed by atoms with Crippen LogP contribution in [-0.2, 0) is 9.88 Å². The van der Waals surface area contributed by atoms with Crippen LogP contribution in [0.3, 0.4) is 0 Å². The van der Waals surface area contributed by atoms with Crippen molar-refractivity contribution in [2.24, 2.45) is 5.73 Å². The van der Waals surface area contributed by atoms with E-state index in [1.807, 2.05) is 0 Å². The maximum atomic E-state index is 9.60. The summed E-state index contributed by atoms with van der Waals surface area (Å²) in [5, 5.41) is 1.25. The topological polar surface area (TPSA) is 61.5 Å². The van der Waals surface area contributed by atoms with Gasteiger partial charge in [-0.2, -0.15) is 0 Å². The Kier molecular flexibility index (Phi) is 12.4. The van der Waals surface area contributed by atoms with Crippen LogP contribution in [0.15, 0.2) is 0 Å². The predicted octanol–water partition coefficient (Wildman–Crippen LogP) is 0.874. The number of carbonyl (C=O) groups excluding carboxylic acids is 1. The molecule has 0 unspecified atom stereocenters. The van der Waals surface area contributed by atoms with Crippen molar-refractivity contribution in [1.82, 2.24) is 0 Å². The molecule has 1 amide bonds. The Balaban J connectivity index is 0. The standard InChI is InChI=1S/C3H7NO2.F2O/c1-2-6-3(4)5;1-3-2/h2H2,1H3,(H2,4,5);. The first kappa shape index (κ1) is 11.0. The Morgan fingerprint density at radius 1 is 1.67 bits per heavy atom. The second-order valence-corrected chi connectivity index (χ2v) is 0.810. The molecule has 0 heterocycles. The maximum Gasteiger partial charge on any atom is 0.404 e. The molecule has 0 aromatic carbocycles. The van der Waals surface area contributed by atoms with E-state index >= 15 is 0 Å². The zero-order chi connectivity index (χ0) is 7.70. The van der Waals surface area contributed by atoms with E-state index in [2.05, 4.69) is 10.5 Å². The quantitative estimate of drug-likeness (QED) is 0.592. The van der Waals surface area contributed by atoms with Gasteiger partial charge in [0.15, 0.2) is 0 Å². The molecule has 0 spiro atoms. The number of nitrogens with two attached hydrogens (primary N) is 1. The number of carbonyl (C=O) groups is 1. The van der Waals surface area contributed by atoms with Crippen LogP contribution in [0.2, 0.25) is 0 Å². The lowest BCUT2D eigenvalue weighted by molar-refractivity contribution is -0.317. The molecule has 0 rings (SSSR count). The van der Waals surface area contributed by atoms with Crippen LogP contribution < -0.4 is 5.73 Å². The summed E-state index contributed by atoms with van der Waals surface area (Å²) in [6, 6.07) is 0. The largest absolute Gasteiger partial charge is 0.450 e. The number of rotatable bonds is 1. The predicted molar refractivity (Wildman–Crippen MR) is 24.5 cm³/mol. The van der Waals surface area contributed by atoms with E-state index in [0.29, 0.717) is 6.61 Å². The molecule has 6 heteroatoms. The summed E-state index contributed by atoms with van der Waals surface area (Å²) in [7, 11) is 0. The van der Waals surface area contributed by atoms with Crippen LogP contribution >= 0.6 is 0 Å². The fourth-order valence-corrected chi connectivity index (χ4v) is 0.142. The number of amides is 1. The highest BCUT2D eigenvalue weighted by atomic mass is 19.6. The Morgan fingerprint density at radius 3 is 2.00 bits per heavy atom. The highest BCUT2D eigenvalue weighted by Crippen LogP contribution is 1.66. The summed E-state index contributed by atoms with van der Waals surface area (Å²) in [5.74, 6) is 0. The molecule has 2 N–H and O–H groups in total. The highest BCUT2D eigenvalue weighted by Gasteiger charge is 1.82. The molecule has 0 aliphatic carbocycles. The van der Waals surface area contributed by atoms with Crippen LogP contribution in [-0.4, -0.2) is 12.7 Å². The van der Waals surface area contributed by atoms with Gasteiger partial charge in [-0.3, -0.25) is 0 Å². The van der Waals surface area contributed by atoms with E-state index in [-0.39, 0.29) is 0 Å². The van der Waals surface area contributed by atoms with Gasteiger partial charge < -0.3 is 10.5 Å². The van der Waals surface area contributed by atoms with Crippen molar-refractivity contribution < 1.29 is 23.7 Å². The average Bonchev–Trinajstić information content (AvgIpc) is 1.67. The summed E-state index contributed by atoms with van der Waals surface area (Å²) in [4.78, 5) is 9.60. The van der Waals surface area contributed by atoms with Gasteiger partial charge in [-0.1, -0.05) is 0 Å². The van der Waals surface area contributed by atoms with Crippen LogP contribution in [0.1, 0.15) is 6.92 Å². The fourth-order valence-electron chi connectivity index (χ4n) is 0.142. The van der Waals surface area contributed by atoms with Crippen LogP contribution in [0.5, 0.6) is 0 Å². The Labute approximate surface area is 50.3 Å². The molecular formula is C3H7F2NO3. The van der Waals surface area contributed by atoms with Crippen LogP contribution in [0, 0.1) is 0 Å².